The normalized spacial score (nSPS) is 12.4. The molecule has 1 aliphatic carbocycles. The molecule has 0 atom stereocenters. The fraction of sp³-hybridized carbons (Fsp3) is 0.111. The number of allylic oxidation sites excluding steroid dienone is 1. The third-order valence-corrected chi connectivity index (χ3v) is 1.61. The van der Waals surface area contributed by atoms with Gasteiger partial charge in [0.25, 0.3) is 0 Å². The van der Waals surface area contributed by atoms with Gasteiger partial charge in [-0.1, -0.05) is 30.3 Å². The smallest absolute Gasteiger partial charge is 0 e. The molecule has 0 saturated carbocycles. The minimum absolute atomic E-state index is 0. The van der Waals surface area contributed by atoms with E-state index in [0.29, 0.717) is 0 Å². The van der Waals surface area contributed by atoms with Gasteiger partial charge in [0.2, 0.25) is 0 Å². The Morgan fingerprint density at radius 1 is 1.20 bits per heavy atom. The third-order valence-electron chi connectivity index (χ3n) is 1.61. The van der Waals surface area contributed by atoms with E-state index < -0.39 is 0 Å². The van der Waals surface area contributed by atoms with Gasteiger partial charge in [-0.05, 0) is 23.6 Å². The summed E-state index contributed by atoms with van der Waals surface area (Å²) in [5, 5.41) is 0. The molecular formula is C9H7Zr. The van der Waals surface area contributed by atoms with Crippen LogP contribution in [0.4, 0.5) is 0 Å². The molecule has 0 N–H and O–H groups in total. The first kappa shape index (κ1) is 7.94. The summed E-state index contributed by atoms with van der Waals surface area (Å²) >= 11 is 0. The maximum Gasteiger partial charge on any atom is 0 e. The van der Waals surface area contributed by atoms with Crippen LogP contribution < -0.4 is 0 Å². The van der Waals surface area contributed by atoms with Crippen LogP contribution in [0.15, 0.2) is 24.3 Å². The van der Waals surface area contributed by atoms with Gasteiger partial charge in [0.05, 0.1) is 0 Å². The average molecular weight is 206 g/mol. The molecule has 0 unspecified atom stereocenters. The van der Waals surface area contributed by atoms with Crippen LogP contribution in [-0.4, -0.2) is 0 Å². The molecule has 0 aliphatic heterocycles. The van der Waals surface area contributed by atoms with Crippen LogP contribution in [-0.2, 0) is 32.6 Å². The SMILES string of the molecule is [C]1=Cc2ccccc2C1.[Zr]. The summed E-state index contributed by atoms with van der Waals surface area (Å²) in [5.41, 5.74) is 2.73. The van der Waals surface area contributed by atoms with Crippen LogP contribution in [0.3, 0.4) is 0 Å². The zero-order chi connectivity index (χ0) is 6.10. The first-order valence-corrected chi connectivity index (χ1v) is 3.11. The molecule has 0 nitrogen and oxygen atoms in total. The molecule has 1 heteroatoms. The van der Waals surface area contributed by atoms with Gasteiger partial charge in [-0.25, -0.2) is 0 Å². The van der Waals surface area contributed by atoms with E-state index in [4.69, 9.17) is 0 Å². The Morgan fingerprint density at radius 3 is 2.80 bits per heavy atom. The predicted molar refractivity (Wildman–Crippen MR) is 37.9 cm³/mol. The van der Waals surface area contributed by atoms with Crippen LogP contribution in [0.2, 0.25) is 0 Å². The Morgan fingerprint density at radius 2 is 2.00 bits per heavy atom. The largest absolute Gasteiger partial charge is 0.0619 e. The van der Waals surface area contributed by atoms with E-state index in [1.165, 1.54) is 11.1 Å². The number of hydrogen-bond acceptors (Lipinski definition) is 0. The molecular weight excluding hydrogens is 199 g/mol. The molecule has 1 radical (unpaired) electrons. The van der Waals surface area contributed by atoms with Gasteiger partial charge in [-0.15, -0.1) is 0 Å². The fourth-order valence-electron chi connectivity index (χ4n) is 1.11. The maximum atomic E-state index is 3.16. The average Bonchev–Trinajstić information content (AvgIpc) is 2.33. The topological polar surface area (TPSA) is 0 Å². The molecule has 0 aromatic heterocycles. The van der Waals surface area contributed by atoms with Gasteiger partial charge in [-0.3, -0.25) is 0 Å². The van der Waals surface area contributed by atoms with Crippen LogP contribution in [0.1, 0.15) is 11.1 Å². The molecule has 1 aromatic carbocycles. The summed E-state index contributed by atoms with van der Waals surface area (Å²) in [6.07, 6.45) is 6.21. The second-order valence-electron chi connectivity index (χ2n) is 2.22. The molecule has 47 valence electrons. The standard InChI is InChI=1S/C9H7.Zr/c1-2-5-9-7-3-6-8(9)4-1;/h1-2,4-6H,7H2;. The number of fused-ring (bicyclic) bond motifs is 1. The van der Waals surface area contributed by atoms with Gasteiger partial charge in [-0.2, -0.15) is 0 Å². The molecule has 0 amide bonds. The number of rotatable bonds is 0. The Bertz CT molecular complexity index is 251. The van der Waals surface area contributed by atoms with E-state index >= 15 is 0 Å². The monoisotopic (exact) mass is 205 g/mol. The minimum atomic E-state index is 0. The van der Waals surface area contributed by atoms with Crippen molar-refractivity contribution in [2.45, 2.75) is 6.42 Å². The third kappa shape index (κ3) is 1.29. The van der Waals surface area contributed by atoms with Crippen molar-refractivity contribution in [1.82, 2.24) is 0 Å². The van der Waals surface area contributed by atoms with Gasteiger partial charge >= 0.3 is 0 Å². The molecule has 0 heterocycles. The first-order valence-electron chi connectivity index (χ1n) is 3.11. The van der Waals surface area contributed by atoms with E-state index in [1.807, 2.05) is 0 Å². The van der Waals surface area contributed by atoms with Gasteiger partial charge in [0.15, 0.2) is 0 Å². The van der Waals surface area contributed by atoms with Crippen molar-refractivity contribution >= 4 is 6.08 Å². The summed E-state index contributed by atoms with van der Waals surface area (Å²) in [7, 11) is 0. The molecule has 0 fully saturated rings. The zero-order valence-electron chi connectivity index (χ0n) is 5.59. The second-order valence-corrected chi connectivity index (χ2v) is 2.22. The van der Waals surface area contributed by atoms with Crippen molar-refractivity contribution in [2.75, 3.05) is 0 Å². The zero-order valence-corrected chi connectivity index (χ0v) is 8.05. The predicted octanol–water partition coefficient (Wildman–Crippen LogP) is 2.06. The summed E-state index contributed by atoms with van der Waals surface area (Å²) in [6.45, 7) is 0. The molecule has 1 aromatic rings. The van der Waals surface area contributed by atoms with Crippen molar-refractivity contribution in [2.24, 2.45) is 0 Å². The fourth-order valence-corrected chi connectivity index (χ4v) is 1.11. The van der Waals surface area contributed by atoms with Crippen molar-refractivity contribution in [3.63, 3.8) is 0 Å². The van der Waals surface area contributed by atoms with Crippen molar-refractivity contribution in [1.29, 1.82) is 0 Å². The Labute approximate surface area is 80.1 Å². The van der Waals surface area contributed by atoms with Gasteiger partial charge in [0, 0.05) is 26.2 Å². The van der Waals surface area contributed by atoms with E-state index in [0.717, 1.165) is 6.42 Å². The van der Waals surface area contributed by atoms with E-state index in [1.54, 1.807) is 0 Å². The second kappa shape index (κ2) is 3.30. The molecule has 0 bridgehead atoms. The van der Waals surface area contributed by atoms with Crippen LogP contribution >= 0.6 is 0 Å². The molecule has 10 heavy (non-hydrogen) atoms. The number of benzene rings is 1. The Hall–Kier alpha value is -0.157. The Balaban J connectivity index is 0.000000500. The van der Waals surface area contributed by atoms with Crippen LogP contribution in [0, 0.1) is 6.08 Å². The van der Waals surface area contributed by atoms with E-state index in [9.17, 15) is 0 Å². The minimum Gasteiger partial charge on any atom is -0.0619 e. The van der Waals surface area contributed by atoms with E-state index in [-0.39, 0.29) is 26.2 Å². The van der Waals surface area contributed by atoms with Crippen molar-refractivity contribution in [3.8, 4) is 0 Å². The Kier molecular flexibility index (Phi) is 2.62. The summed E-state index contributed by atoms with van der Waals surface area (Å²) in [6, 6.07) is 8.39. The van der Waals surface area contributed by atoms with Crippen LogP contribution in [0.25, 0.3) is 6.08 Å². The molecule has 1 aliphatic rings. The summed E-state index contributed by atoms with van der Waals surface area (Å²) in [4.78, 5) is 0. The van der Waals surface area contributed by atoms with Gasteiger partial charge < -0.3 is 0 Å². The van der Waals surface area contributed by atoms with Crippen LogP contribution in [0.5, 0.6) is 0 Å². The number of hydrogen-bond donors (Lipinski definition) is 0. The van der Waals surface area contributed by atoms with Gasteiger partial charge in [0.1, 0.15) is 0 Å². The first-order chi connectivity index (χ1) is 4.47. The maximum absolute atomic E-state index is 3.16. The summed E-state index contributed by atoms with van der Waals surface area (Å²) < 4.78 is 0. The molecule has 2 rings (SSSR count). The quantitative estimate of drug-likeness (QED) is 0.609. The van der Waals surface area contributed by atoms with Crippen molar-refractivity contribution < 1.29 is 26.2 Å². The molecule has 0 saturated heterocycles. The van der Waals surface area contributed by atoms with Crippen molar-refractivity contribution in [3.05, 3.63) is 41.5 Å². The van der Waals surface area contributed by atoms with E-state index in [2.05, 4.69) is 36.4 Å². The molecule has 0 spiro atoms. The summed E-state index contributed by atoms with van der Waals surface area (Å²) in [5.74, 6) is 0.